The molecule has 1 aromatic carbocycles. The monoisotopic (exact) mass is 343 g/mol. The van der Waals surface area contributed by atoms with Crippen molar-refractivity contribution in [3.63, 3.8) is 0 Å². The van der Waals surface area contributed by atoms with E-state index in [1.165, 1.54) is 0 Å². The van der Waals surface area contributed by atoms with Crippen LogP contribution in [0.5, 0.6) is 0 Å². The number of urea groups is 1. The first-order chi connectivity index (χ1) is 12.0. The normalized spacial score (nSPS) is 20.1. The quantitative estimate of drug-likeness (QED) is 0.887. The Kier molecular flexibility index (Phi) is 4.81. The molecule has 1 aliphatic rings. The molecule has 0 bridgehead atoms. The predicted octanol–water partition coefficient (Wildman–Crippen LogP) is 3.73. The number of aryl methyl sites for hydroxylation is 2. The van der Waals surface area contributed by atoms with E-state index in [-0.39, 0.29) is 12.6 Å². The predicted molar refractivity (Wildman–Crippen MR) is 96.5 cm³/mol. The summed E-state index contributed by atoms with van der Waals surface area (Å²) >= 11 is 0. The Labute approximate surface area is 147 Å². The molecule has 1 atom stereocenters. The minimum atomic E-state index is -0.447. The van der Waals surface area contributed by atoms with Gasteiger partial charge in [0.2, 0.25) is 5.89 Å². The largest absolute Gasteiger partial charge is 0.444 e. The lowest BCUT2D eigenvalue weighted by atomic mass is 9.94. The van der Waals surface area contributed by atoms with Crippen LogP contribution in [0.3, 0.4) is 0 Å². The Hall–Kier alpha value is -2.34. The Morgan fingerprint density at radius 2 is 2.24 bits per heavy atom. The number of aromatic nitrogens is 1. The lowest BCUT2D eigenvalue weighted by molar-refractivity contribution is 0.0867. The number of nitrogens with zero attached hydrogens (tertiary/aromatic N) is 2. The standard InChI is InChI=1S/C19H25N3O3/c1-4-19(12-23)8-5-9-22(19)18(24)21-15-7-6-13(2)16(10-15)17-20-14(3)11-25-17/h6-7,10-11,23H,4-5,8-9,12H2,1-3H3,(H,21,24). The van der Waals surface area contributed by atoms with Crippen molar-refractivity contribution in [2.75, 3.05) is 18.5 Å². The van der Waals surface area contributed by atoms with Gasteiger partial charge in [-0.15, -0.1) is 0 Å². The van der Waals surface area contributed by atoms with Gasteiger partial charge in [0.25, 0.3) is 0 Å². The van der Waals surface area contributed by atoms with Gasteiger partial charge in [-0.2, -0.15) is 0 Å². The molecule has 2 aromatic rings. The molecular formula is C19H25N3O3. The van der Waals surface area contributed by atoms with Crippen molar-refractivity contribution < 1.29 is 14.3 Å². The van der Waals surface area contributed by atoms with Crippen LogP contribution in [0.2, 0.25) is 0 Å². The molecule has 1 fully saturated rings. The van der Waals surface area contributed by atoms with Crippen LogP contribution in [0.4, 0.5) is 10.5 Å². The van der Waals surface area contributed by atoms with Crippen LogP contribution in [0.1, 0.15) is 37.4 Å². The summed E-state index contributed by atoms with van der Waals surface area (Å²) in [6.45, 7) is 6.52. The third-order valence-corrected chi connectivity index (χ3v) is 5.13. The zero-order chi connectivity index (χ0) is 18.0. The molecule has 0 saturated carbocycles. The maximum absolute atomic E-state index is 12.7. The first-order valence-corrected chi connectivity index (χ1v) is 8.72. The molecule has 3 rings (SSSR count). The van der Waals surface area contributed by atoms with Crippen LogP contribution >= 0.6 is 0 Å². The molecule has 2 amide bonds. The van der Waals surface area contributed by atoms with E-state index < -0.39 is 5.54 Å². The summed E-state index contributed by atoms with van der Waals surface area (Å²) in [4.78, 5) is 18.9. The van der Waals surface area contributed by atoms with Gasteiger partial charge in [-0.3, -0.25) is 0 Å². The highest BCUT2D eigenvalue weighted by Crippen LogP contribution is 2.33. The topological polar surface area (TPSA) is 78.6 Å². The molecule has 0 radical (unpaired) electrons. The van der Waals surface area contributed by atoms with E-state index in [0.717, 1.165) is 36.1 Å². The Balaban J connectivity index is 1.82. The molecular weight excluding hydrogens is 318 g/mol. The summed E-state index contributed by atoms with van der Waals surface area (Å²) in [7, 11) is 0. The van der Waals surface area contributed by atoms with Crippen LogP contribution in [-0.2, 0) is 0 Å². The third kappa shape index (κ3) is 3.26. The van der Waals surface area contributed by atoms with E-state index in [1.54, 1.807) is 11.2 Å². The highest BCUT2D eigenvalue weighted by Gasteiger charge is 2.41. The Morgan fingerprint density at radius 3 is 2.88 bits per heavy atom. The molecule has 1 saturated heterocycles. The van der Waals surface area contributed by atoms with Crippen LogP contribution < -0.4 is 5.32 Å². The second-order valence-electron chi connectivity index (χ2n) is 6.75. The van der Waals surface area contributed by atoms with Gasteiger partial charge in [-0.25, -0.2) is 9.78 Å². The molecule has 2 heterocycles. The van der Waals surface area contributed by atoms with E-state index in [0.29, 0.717) is 18.1 Å². The average molecular weight is 343 g/mol. The number of hydrogen-bond acceptors (Lipinski definition) is 4. The first-order valence-electron chi connectivity index (χ1n) is 8.72. The summed E-state index contributed by atoms with van der Waals surface area (Å²) in [5, 5.41) is 12.7. The van der Waals surface area contributed by atoms with Crippen molar-refractivity contribution in [3.05, 3.63) is 35.7 Å². The summed E-state index contributed by atoms with van der Waals surface area (Å²) in [5.41, 5.74) is 2.94. The number of rotatable bonds is 4. The van der Waals surface area contributed by atoms with E-state index in [9.17, 15) is 9.90 Å². The number of aliphatic hydroxyl groups excluding tert-OH is 1. The fourth-order valence-corrected chi connectivity index (χ4v) is 3.50. The SMILES string of the molecule is CCC1(CO)CCCN1C(=O)Nc1ccc(C)c(-c2nc(C)co2)c1. The van der Waals surface area contributed by atoms with Crippen molar-refractivity contribution in [2.24, 2.45) is 0 Å². The molecule has 6 nitrogen and oxygen atoms in total. The molecule has 1 aliphatic heterocycles. The summed E-state index contributed by atoms with van der Waals surface area (Å²) < 4.78 is 5.49. The smallest absolute Gasteiger partial charge is 0.322 e. The molecule has 0 aliphatic carbocycles. The highest BCUT2D eigenvalue weighted by molar-refractivity contribution is 5.91. The number of oxazole rings is 1. The highest BCUT2D eigenvalue weighted by atomic mass is 16.3. The number of anilines is 1. The average Bonchev–Trinajstić information content (AvgIpc) is 3.23. The lowest BCUT2D eigenvalue weighted by Crippen LogP contribution is -2.51. The van der Waals surface area contributed by atoms with Gasteiger partial charge in [-0.1, -0.05) is 13.0 Å². The maximum Gasteiger partial charge on any atom is 0.322 e. The second-order valence-corrected chi connectivity index (χ2v) is 6.75. The van der Waals surface area contributed by atoms with Gasteiger partial charge < -0.3 is 19.7 Å². The van der Waals surface area contributed by atoms with E-state index >= 15 is 0 Å². The third-order valence-electron chi connectivity index (χ3n) is 5.13. The molecule has 134 valence electrons. The number of benzene rings is 1. The van der Waals surface area contributed by atoms with Crippen molar-refractivity contribution in [2.45, 2.75) is 45.6 Å². The fraction of sp³-hybridized carbons (Fsp3) is 0.474. The number of nitrogens with one attached hydrogen (secondary N) is 1. The molecule has 2 N–H and O–H groups in total. The summed E-state index contributed by atoms with van der Waals surface area (Å²) in [6.07, 6.45) is 4.10. The minimum absolute atomic E-state index is 0.00827. The number of carbonyl (C=O) groups is 1. The maximum atomic E-state index is 12.7. The zero-order valence-electron chi connectivity index (χ0n) is 15.0. The van der Waals surface area contributed by atoms with Crippen molar-refractivity contribution in [1.82, 2.24) is 9.88 Å². The van der Waals surface area contributed by atoms with Gasteiger partial charge in [0, 0.05) is 17.8 Å². The van der Waals surface area contributed by atoms with E-state index in [2.05, 4.69) is 10.3 Å². The van der Waals surface area contributed by atoms with Crippen LogP contribution in [0, 0.1) is 13.8 Å². The number of hydrogen-bond donors (Lipinski definition) is 2. The summed E-state index contributed by atoms with van der Waals surface area (Å²) in [6, 6.07) is 5.51. The number of amides is 2. The number of likely N-dealkylation sites (tertiary alicyclic amines) is 1. The Bertz CT molecular complexity index is 765. The lowest BCUT2D eigenvalue weighted by Gasteiger charge is -2.36. The van der Waals surface area contributed by atoms with Crippen LogP contribution in [0.25, 0.3) is 11.5 Å². The first kappa shape index (κ1) is 17.5. The molecule has 1 unspecified atom stereocenters. The van der Waals surface area contributed by atoms with E-state index in [1.807, 2.05) is 39.0 Å². The molecule has 0 spiro atoms. The Morgan fingerprint density at radius 1 is 1.44 bits per heavy atom. The van der Waals surface area contributed by atoms with Crippen molar-refractivity contribution in [1.29, 1.82) is 0 Å². The van der Waals surface area contributed by atoms with Gasteiger partial charge in [-0.05, 0) is 50.8 Å². The molecule has 6 heteroatoms. The number of carbonyl (C=O) groups excluding carboxylic acids is 1. The molecule has 25 heavy (non-hydrogen) atoms. The second kappa shape index (κ2) is 6.88. The fourth-order valence-electron chi connectivity index (χ4n) is 3.50. The van der Waals surface area contributed by atoms with Crippen molar-refractivity contribution >= 4 is 11.7 Å². The number of aliphatic hydroxyl groups is 1. The van der Waals surface area contributed by atoms with Gasteiger partial charge in [0.1, 0.15) is 6.26 Å². The molecule has 1 aromatic heterocycles. The summed E-state index contributed by atoms with van der Waals surface area (Å²) in [5.74, 6) is 0.547. The van der Waals surface area contributed by atoms with E-state index in [4.69, 9.17) is 4.42 Å². The zero-order valence-corrected chi connectivity index (χ0v) is 15.0. The minimum Gasteiger partial charge on any atom is -0.444 e. The van der Waals surface area contributed by atoms with Crippen LogP contribution in [0.15, 0.2) is 28.9 Å². The van der Waals surface area contributed by atoms with Crippen LogP contribution in [-0.4, -0.2) is 39.7 Å². The van der Waals surface area contributed by atoms with Gasteiger partial charge >= 0.3 is 6.03 Å². The van der Waals surface area contributed by atoms with Gasteiger partial charge in [0.05, 0.1) is 17.8 Å². The van der Waals surface area contributed by atoms with Crippen molar-refractivity contribution in [3.8, 4) is 11.5 Å². The van der Waals surface area contributed by atoms with Gasteiger partial charge in [0.15, 0.2) is 0 Å².